The van der Waals surface area contributed by atoms with Crippen molar-refractivity contribution in [1.82, 2.24) is 10.2 Å². The Kier molecular flexibility index (Phi) is 4.64. The molecule has 136 valence electrons. The number of halogens is 1. The molecule has 0 bridgehead atoms. The maximum atomic E-state index is 13.4. The van der Waals surface area contributed by atoms with Crippen LogP contribution in [0.15, 0.2) is 48.5 Å². The fourth-order valence-electron chi connectivity index (χ4n) is 4.08. The minimum absolute atomic E-state index is 0.0608. The van der Waals surface area contributed by atoms with Crippen molar-refractivity contribution in [2.24, 2.45) is 11.7 Å². The zero-order valence-corrected chi connectivity index (χ0v) is 14.7. The number of hydrogen-bond acceptors (Lipinski definition) is 2. The summed E-state index contributed by atoms with van der Waals surface area (Å²) in [5.41, 5.74) is 9.12. The molecule has 3 N–H and O–H groups in total. The van der Waals surface area contributed by atoms with Crippen LogP contribution >= 0.6 is 0 Å². The van der Waals surface area contributed by atoms with Gasteiger partial charge in [0.05, 0.1) is 6.04 Å². The van der Waals surface area contributed by atoms with Gasteiger partial charge in [-0.15, -0.1) is 0 Å². The van der Waals surface area contributed by atoms with E-state index < -0.39 is 0 Å². The molecule has 1 fully saturated rings. The number of benzene rings is 2. The number of nitrogens with one attached hydrogen (secondary N) is 1. The topological polar surface area (TPSA) is 58.4 Å². The fourth-order valence-corrected chi connectivity index (χ4v) is 4.08. The molecule has 26 heavy (non-hydrogen) atoms. The summed E-state index contributed by atoms with van der Waals surface area (Å²) in [5.74, 6) is 0.213. The third-order valence-electron chi connectivity index (χ3n) is 5.54. The SMILES string of the molecule is NC1CC(CNC(=O)N2CCc3ccccc3C2c2ccc(F)cc2)C1. The predicted octanol–water partition coefficient (Wildman–Crippen LogP) is 3.22. The highest BCUT2D eigenvalue weighted by molar-refractivity contribution is 5.76. The van der Waals surface area contributed by atoms with Crippen molar-refractivity contribution in [2.45, 2.75) is 31.3 Å². The lowest BCUT2D eigenvalue weighted by atomic mass is 9.81. The standard InChI is InChI=1S/C21H24FN3O/c22-17-7-5-16(6-8-17)20-19-4-2-1-3-15(19)9-10-25(20)21(26)24-13-14-11-18(23)12-14/h1-8,14,18,20H,9-13,23H2,(H,24,26). The van der Waals surface area contributed by atoms with E-state index in [4.69, 9.17) is 5.73 Å². The van der Waals surface area contributed by atoms with Crippen LogP contribution in [-0.4, -0.2) is 30.1 Å². The number of fused-ring (bicyclic) bond motifs is 1. The molecule has 1 saturated carbocycles. The summed E-state index contributed by atoms with van der Waals surface area (Å²) in [6.45, 7) is 1.32. The first kappa shape index (κ1) is 17.0. The second-order valence-corrected chi connectivity index (χ2v) is 7.38. The number of urea groups is 1. The van der Waals surface area contributed by atoms with Crippen LogP contribution in [0.25, 0.3) is 0 Å². The quantitative estimate of drug-likeness (QED) is 0.890. The van der Waals surface area contributed by atoms with E-state index in [2.05, 4.69) is 17.4 Å². The lowest BCUT2D eigenvalue weighted by Gasteiger charge is -2.39. The van der Waals surface area contributed by atoms with Crippen molar-refractivity contribution >= 4 is 6.03 Å². The number of amides is 2. The highest BCUT2D eigenvalue weighted by Gasteiger charge is 2.33. The molecule has 2 aromatic carbocycles. The minimum Gasteiger partial charge on any atom is -0.338 e. The van der Waals surface area contributed by atoms with Gasteiger partial charge in [-0.05, 0) is 54.0 Å². The largest absolute Gasteiger partial charge is 0.338 e. The highest BCUT2D eigenvalue weighted by atomic mass is 19.1. The van der Waals surface area contributed by atoms with Gasteiger partial charge in [0.15, 0.2) is 0 Å². The van der Waals surface area contributed by atoms with Crippen molar-refractivity contribution < 1.29 is 9.18 Å². The van der Waals surface area contributed by atoms with E-state index in [1.807, 2.05) is 17.0 Å². The molecule has 2 aliphatic rings. The Morgan fingerprint density at radius 1 is 1.15 bits per heavy atom. The van der Waals surface area contributed by atoms with Gasteiger partial charge in [-0.1, -0.05) is 36.4 Å². The molecule has 2 amide bonds. The lowest BCUT2D eigenvalue weighted by Crippen LogP contribution is -2.49. The van der Waals surface area contributed by atoms with Gasteiger partial charge in [0.2, 0.25) is 0 Å². The molecule has 1 atom stereocenters. The molecule has 1 aliphatic heterocycles. The molecule has 2 aromatic rings. The Morgan fingerprint density at radius 3 is 2.62 bits per heavy atom. The first-order valence-electron chi connectivity index (χ1n) is 9.25. The van der Waals surface area contributed by atoms with Crippen molar-refractivity contribution in [3.63, 3.8) is 0 Å². The first-order valence-corrected chi connectivity index (χ1v) is 9.25. The third-order valence-corrected chi connectivity index (χ3v) is 5.54. The molecule has 0 saturated heterocycles. The van der Waals surface area contributed by atoms with E-state index in [0.717, 1.165) is 30.4 Å². The van der Waals surface area contributed by atoms with Gasteiger partial charge in [0.1, 0.15) is 5.82 Å². The van der Waals surface area contributed by atoms with Crippen LogP contribution in [0.3, 0.4) is 0 Å². The predicted molar refractivity (Wildman–Crippen MR) is 99.2 cm³/mol. The Labute approximate surface area is 153 Å². The summed E-state index contributed by atoms with van der Waals surface area (Å²) in [4.78, 5) is 14.8. The van der Waals surface area contributed by atoms with E-state index in [-0.39, 0.29) is 23.9 Å². The molecular weight excluding hydrogens is 329 g/mol. The molecule has 0 radical (unpaired) electrons. The van der Waals surface area contributed by atoms with Crippen molar-refractivity contribution in [3.8, 4) is 0 Å². The molecular formula is C21H24FN3O. The van der Waals surface area contributed by atoms with Crippen LogP contribution < -0.4 is 11.1 Å². The molecule has 1 aliphatic carbocycles. The van der Waals surface area contributed by atoms with Crippen molar-refractivity contribution in [1.29, 1.82) is 0 Å². The summed E-state index contributed by atoms with van der Waals surface area (Å²) in [6, 6.07) is 14.7. The van der Waals surface area contributed by atoms with Crippen molar-refractivity contribution in [2.75, 3.05) is 13.1 Å². The number of carbonyl (C=O) groups excluding carboxylic acids is 1. The lowest BCUT2D eigenvalue weighted by molar-refractivity contribution is 0.172. The zero-order chi connectivity index (χ0) is 18.1. The monoisotopic (exact) mass is 353 g/mol. The molecule has 1 heterocycles. The molecule has 0 spiro atoms. The van der Waals surface area contributed by atoms with E-state index in [1.165, 1.54) is 17.7 Å². The summed E-state index contributed by atoms with van der Waals surface area (Å²) < 4.78 is 13.4. The van der Waals surface area contributed by atoms with E-state index in [9.17, 15) is 9.18 Å². The summed E-state index contributed by atoms with van der Waals surface area (Å²) >= 11 is 0. The van der Waals surface area contributed by atoms with Crippen LogP contribution in [0.5, 0.6) is 0 Å². The maximum Gasteiger partial charge on any atom is 0.318 e. The van der Waals surface area contributed by atoms with Gasteiger partial charge < -0.3 is 16.0 Å². The molecule has 0 aromatic heterocycles. The molecule has 4 rings (SSSR count). The number of hydrogen-bond donors (Lipinski definition) is 2. The average Bonchev–Trinajstić information content (AvgIpc) is 2.64. The second-order valence-electron chi connectivity index (χ2n) is 7.38. The smallest absolute Gasteiger partial charge is 0.318 e. The number of nitrogens with two attached hydrogens (primary N) is 1. The van der Waals surface area contributed by atoms with Gasteiger partial charge in [0, 0.05) is 19.1 Å². The number of nitrogens with zero attached hydrogens (tertiary/aromatic N) is 1. The Bertz CT molecular complexity index is 786. The fraction of sp³-hybridized carbons (Fsp3) is 0.381. The average molecular weight is 353 g/mol. The van der Waals surface area contributed by atoms with Crippen LogP contribution in [0.4, 0.5) is 9.18 Å². The van der Waals surface area contributed by atoms with E-state index in [0.29, 0.717) is 19.0 Å². The summed E-state index contributed by atoms with van der Waals surface area (Å²) in [5, 5.41) is 3.07. The van der Waals surface area contributed by atoms with E-state index in [1.54, 1.807) is 12.1 Å². The van der Waals surface area contributed by atoms with Crippen LogP contribution in [-0.2, 0) is 6.42 Å². The summed E-state index contributed by atoms with van der Waals surface area (Å²) in [6.07, 6.45) is 2.78. The Morgan fingerprint density at radius 2 is 1.88 bits per heavy atom. The normalized spacial score (nSPS) is 24.5. The number of rotatable bonds is 3. The zero-order valence-electron chi connectivity index (χ0n) is 14.7. The molecule has 4 nitrogen and oxygen atoms in total. The molecule has 5 heteroatoms. The summed E-state index contributed by atoms with van der Waals surface area (Å²) in [7, 11) is 0. The first-order chi connectivity index (χ1) is 12.6. The van der Waals surface area contributed by atoms with E-state index >= 15 is 0 Å². The van der Waals surface area contributed by atoms with Gasteiger partial charge >= 0.3 is 6.03 Å². The van der Waals surface area contributed by atoms with Crippen molar-refractivity contribution in [3.05, 3.63) is 71.0 Å². The Balaban J connectivity index is 1.58. The van der Waals surface area contributed by atoms with Gasteiger partial charge in [-0.2, -0.15) is 0 Å². The van der Waals surface area contributed by atoms with Crippen LogP contribution in [0.2, 0.25) is 0 Å². The highest BCUT2D eigenvalue weighted by Crippen LogP contribution is 2.35. The second kappa shape index (κ2) is 7.08. The van der Waals surface area contributed by atoms with Gasteiger partial charge in [-0.25, -0.2) is 9.18 Å². The maximum absolute atomic E-state index is 13.4. The number of carbonyl (C=O) groups is 1. The Hall–Kier alpha value is -2.40. The third kappa shape index (κ3) is 3.31. The van der Waals surface area contributed by atoms with Crippen LogP contribution in [0.1, 0.15) is 35.6 Å². The minimum atomic E-state index is -0.268. The van der Waals surface area contributed by atoms with Gasteiger partial charge in [0.25, 0.3) is 0 Å². The molecule has 1 unspecified atom stereocenters. The van der Waals surface area contributed by atoms with Gasteiger partial charge in [-0.3, -0.25) is 0 Å². The van der Waals surface area contributed by atoms with Crippen LogP contribution in [0, 0.1) is 11.7 Å².